The van der Waals surface area contributed by atoms with Gasteiger partial charge in [0, 0.05) is 18.1 Å². The van der Waals surface area contributed by atoms with Crippen molar-refractivity contribution in [1.29, 1.82) is 0 Å². The van der Waals surface area contributed by atoms with Crippen LogP contribution in [0.2, 0.25) is 0 Å². The molecule has 0 amide bonds. The third kappa shape index (κ3) is 5.81. The zero-order chi connectivity index (χ0) is 25.4. The summed E-state index contributed by atoms with van der Waals surface area (Å²) in [6, 6.07) is -2.59. The summed E-state index contributed by atoms with van der Waals surface area (Å²) in [5, 5.41) is 44.4. The minimum Gasteiger partial charge on any atom is -0.394 e. The van der Waals surface area contributed by atoms with Crippen LogP contribution in [0.5, 0.6) is 0 Å². The molecule has 1 saturated carbocycles. The summed E-state index contributed by atoms with van der Waals surface area (Å²) in [7, 11) is 1.63. The summed E-state index contributed by atoms with van der Waals surface area (Å²) in [5.41, 5.74) is 24.3. The zero-order valence-electron chi connectivity index (χ0n) is 19.8. The van der Waals surface area contributed by atoms with Crippen molar-refractivity contribution in [3.63, 3.8) is 0 Å². The van der Waals surface area contributed by atoms with Gasteiger partial charge in [0.15, 0.2) is 18.9 Å². The van der Waals surface area contributed by atoms with Gasteiger partial charge in [-0.05, 0) is 32.7 Å². The summed E-state index contributed by atoms with van der Waals surface area (Å²) in [4.78, 5) is 0. The molecule has 4 rings (SSSR count). The quantitative estimate of drug-likeness (QED) is 0.164. The normalized spacial score (nSPS) is 53.2. The van der Waals surface area contributed by atoms with Crippen molar-refractivity contribution >= 4 is 0 Å². The summed E-state index contributed by atoms with van der Waals surface area (Å²) in [6.45, 7) is -0.322. The Hall–Kier alpha value is -0.560. The van der Waals surface area contributed by atoms with Gasteiger partial charge >= 0.3 is 0 Å². The molecule has 0 radical (unpaired) electrons. The van der Waals surface area contributed by atoms with Gasteiger partial charge in [0.25, 0.3) is 0 Å². The van der Waals surface area contributed by atoms with Gasteiger partial charge in [-0.3, -0.25) is 0 Å². The summed E-state index contributed by atoms with van der Waals surface area (Å²) >= 11 is 0. The highest BCUT2D eigenvalue weighted by atomic mass is 16.8. The lowest BCUT2D eigenvalue weighted by Gasteiger charge is -2.51. The van der Waals surface area contributed by atoms with E-state index in [0.717, 1.165) is 0 Å². The van der Waals surface area contributed by atoms with Crippen LogP contribution in [0.1, 0.15) is 25.7 Å². The Morgan fingerprint density at radius 2 is 1.54 bits per heavy atom. The average Bonchev–Trinajstić information content (AvgIpc) is 2.78. The van der Waals surface area contributed by atoms with Crippen LogP contribution in [0, 0.1) is 0 Å². The van der Waals surface area contributed by atoms with E-state index in [1.54, 1.807) is 7.05 Å². The molecule has 15 atom stereocenters. The molecule has 0 bridgehead atoms. The molecule has 0 aromatic rings. The number of ether oxygens (including phenoxy) is 5. The number of aliphatic hydroxyl groups excluding tert-OH is 4. The van der Waals surface area contributed by atoms with E-state index in [0.29, 0.717) is 12.8 Å². The first-order valence-electron chi connectivity index (χ1n) is 12.2. The minimum atomic E-state index is -1.11. The molecule has 13 N–H and O–H groups in total. The molecule has 0 aromatic heterocycles. The van der Waals surface area contributed by atoms with Crippen molar-refractivity contribution in [1.82, 2.24) is 5.32 Å². The van der Waals surface area contributed by atoms with E-state index in [9.17, 15) is 20.4 Å². The van der Waals surface area contributed by atoms with Crippen molar-refractivity contribution in [3.8, 4) is 0 Å². The van der Waals surface area contributed by atoms with E-state index < -0.39 is 85.8 Å². The first-order valence-corrected chi connectivity index (χ1v) is 12.2. The Balaban J connectivity index is 1.41. The van der Waals surface area contributed by atoms with Gasteiger partial charge in [-0.25, -0.2) is 0 Å². The predicted molar refractivity (Wildman–Crippen MR) is 120 cm³/mol. The molecule has 14 heteroatoms. The largest absolute Gasteiger partial charge is 0.394 e. The average molecular weight is 508 g/mol. The van der Waals surface area contributed by atoms with Crippen molar-refractivity contribution < 1.29 is 44.1 Å². The van der Waals surface area contributed by atoms with Crippen LogP contribution in [-0.2, 0) is 23.7 Å². The van der Waals surface area contributed by atoms with E-state index in [1.165, 1.54) is 0 Å². The van der Waals surface area contributed by atoms with E-state index in [2.05, 4.69) is 5.32 Å². The number of nitrogens with one attached hydrogen (secondary N) is 1. The number of hydrogen-bond donors (Lipinski definition) is 9. The minimum absolute atomic E-state index is 0.175. The highest BCUT2D eigenvalue weighted by Crippen LogP contribution is 2.35. The Kier molecular flexibility index (Phi) is 8.99. The van der Waals surface area contributed by atoms with E-state index in [-0.39, 0.29) is 25.5 Å². The van der Waals surface area contributed by atoms with Gasteiger partial charge in [0.2, 0.25) is 0 Å². The number of likely N-dealkylation sites (N-methyl/N-ethyl adjacent to an activating group) is 1. The van der Waals surface area contributed by atoms with Gasteiger partial charge in [-0.1, -0.05) is 0 Å². The van der Waals surface area contributed by atoms with E-state index >= 15 is 0 Å². The molecular formula is C21H41N5O9. The highest BCUT2D eigenvalue weighted by molar-refractivity contribution is 5.00. The maximum Gasteiger partial charge on any atom is 0.187 e. The van der Waals surface area contributed by atoms with Crippen LogP contribution in [0.25, 0.3) is 0 Å². The first-order chi connectivity index (χ1) is 16.6. The molecule has 3 aliphatic heterocycles. The second-order valence-electron chi connectivity index (χ2n) is 10.1. The van der Waals surface area contributed by atoms with Crippen molar-refractivity contribution in [3.05, 3.63) is 0 Å². The Morgan fingerprint density at radius 1 is 0.800 bits per heavy atom. The second-order valence-corrected chi connectivity index (χ2v) is 10.1. The fourth-order valence-corrected chi connectivity index (χ4v) is 5.46. The van der Waals surface area contributed by atoms with Crippen molar-refractivity contribution in [2.75, 3.05) is 13.7 Å². The lowest BCUT2D eigenvalue weighted by atomic mass is 9.86. The number of aliphatic hydroxyl groups is 4. The third-order valence-corrected chi connectivity index (χ3v) is 7.43. The lowest BCUT2D eigenvalue weighted by Crippen LogP contribution is -2.69. The molecule has 0 aromatic carbocycles. The number of rotatable bonds is 6. The van der Waals surface area contributed by atoms with Gasteiger partial charge in [0.1, 0.15) is 24.4 Å². The molecular weight excluding hydrogens is 466 g/mol. The zero-order valence-corrected chi connectivity index (χ0v) is 19.8. The Morgan fingerprint density at radius 3 is 2.20 bits per heavy atom. The van der Waals surface area contributed by atoms with E-state index in [1.807, 2.05) is 0 Å². The standard InChI is InChI=1S/C21H41N5O9/c1-26-15-16(30)18-13(31-21(15)35-20-12(29)4-8(23)14(6-27)32-20)5-10(25)19(34-18)33-17-9(24)2-7(22)3-11(17)28/h7-21,26-30H,2-6,22-25H2,1H3/t7-,8+,9?,10?,11-,12?,13+,14?,15?,16?,17-,18?,19+,20-,21?/m1/s1. The Labute approximate surface area is 204 Å². The van der Waals surface area contributed by atoms with Crippen molar-refractivity contribution in [2.45, 2.75) is 117 Å². The molecule has 35 heavy (non-hydrogen) atoms. The number of hydrogen-bond acceptors (Lipinski definition) is 14. The Bertz CT molecular complexity index is 684. The molecule has 4 fully saturated rings. The summed E-state index contributed by atoms with van der Waals surface area (Å²) in [6.07, 6.45) is -7.52. The molecule has 14 nitrogen and oxygen atoms in total. The smallest absolute Gasteiger partial charge is 0.187 e. The molecule has 4 aliphatic rings. The van der Waals surface area contributed by atoms with Crippen LogP contribution in [0.4, 0.5) is 0 Å². The van der Waals surface area contributed by atoms with Crippen LogP contribution in [0.3, 0.4) is 0 Å². The highest BCUT2D eigenvalue weighted by Gasteiger charge is 2.53. The topological polar surface area (TPSA) is 243 Å². The van der Waals surface area contributed by atoms with Crippen molar-refractivity contribution in [2.24, 2.45) is 22.9 Å². The number of nitrogens with two attached hydrogens (primary N) is 4. The lowest BCUT2D eigenvalue weighted by molar-refractivity contribution is -0.366. The van der Waals surface area contributed by atoms with Gasteiger partial charge in [0.05, 0.1) is 37.0 Å². The fourth-order valence-electron chi connectivity index (χ4n) is 5.46. The fraction of sp³-hybridized carbons (Fsp3) is 1.00. The second kappa shape index (κ2) is 11.4. The van der Waals surface area contributed by atoms with Gasteiger partial charge in [-0.15, -0.1) is 0 Å². The molecule has 1 aliphatic carbocycles. The third-order valence-electron chi connectivity index (χ3n) is 7.43. The molecule has 8 unspecified atom stereocenters. The van der Waals surface area contributed by atoms with E-state index in [4.69, 9.17) is 46.6 Å². The van der Waals surface area contributed by atoms with Crippen LogP contribution in [0.15, 0.2) is 0 Å². The number of fused-ring (bicyclic) bond motifs is 1. The first kappa shape index (κ1) is 27.5. The maximum atomic E-state index is 11.1. The molecule has 0 spiro atoms. The molecule has 204 valence electrons. The van der Waals surface area contributed by atoms with Gasteiger partial charge in [-0.2, -0.15) is 0 Å². The molecule has 3 saturated heterocycles. The SMILES string of the molecule is CNC1C(O[C@H]2OC(CO)[C@@H](N)CC2O)O[C@H]2CC(N)[C@@H](O[C@@H]3C(N)C[C@@H](N)C[C@H]3O)OC2C1O. The van der Waals surface area contributed by atoms with Crippen LogP contribution < -0.4 is 28.3 Å². The van der Waals surface area contributed by atoms with Crippen LogP contribution in [-0.4, -0.2) is 126 Å². The van der Waals surface area contributed by atoms with Crippen LogP contribution >= 0.6 is 0 Å². The molecule has 3 heterocycles. The summed E-state index contributed by atoms with van der Waals surface area (Å²) < 4.78 is 29.6. The maximum absolute atomic E-state index is 11.1. The summed E-state index contributed by atoms with van der Waals surface area (Å²) in [5.74, 6) is 0. The predicted octanol–water partition coefficient (Wildman–Crippen LogP) is -4.89. The monoisotopic (exact) mass is 507 g/mol. The van der Waals surface area contributed by atoms with Gasteiger partial charge < -0.3 is 72.4 Å².